The first-order valence-electron chi connectivity index (χ1n) is 9.06. The second kappa shape index (κ2) is 6.73. The summed E-state index contributed by atoms with van der Waals surface area (Å²) >= 11 is 3.49. The van der Waals surface area contributed by atoms with Crippen molar-refractivity contribution < 1.29 is 4.92 Å². The van der Waals surface area contributed by atoms with Gasteiger partial charge in [-0.1, -0.05) is 28.8 Å². The first-order chi connectivity index (χ1) is 13.3. The molecule has 0 N–H and O–H groups in total. The van der Waals surface area contributed by atoms with Crippen molar-refractivity contribution in [3.63, 3.8) is 0 Å². The third-order valence-electron chi connectivity index (χ3n) is 5.60. The molecule has 8 nitrogen and oxygen atoms in total. The minimum absolute atomic E-state index is 0.0489. The van der Waals surface area contributed by atoms with Gasteiger partial charge in [0.1, 0.15) is 0 Å². The molecule has 2 heterocycles. The topological polar surface area (TPSA) is 92.1 Å². The van der Waals surface area contributed by atoms with Gasteiger partial charge >= 0.3 is 5.69 Å². The van der Waals surface area contributed by atoms with Crippen molar-refractivity contribution in [2.45, 2.75) is 31.7 Å². The molecular weight excluding hydrogens is 428 g/mol. The van der Waals surface area contributed by atoms with Gasteiger partial charge in [-0.05, 0) is 18.9 Å². The van der Waals surface area contributed by atoms with Gasteiger partial charge in [-0.25, -0.2) is 4.79 Å². The highest BCUT2D eigenvalue weighted by Gasteiger charge is 2.27. The Morgan fingerprint density at radius 3 is 2.46 bits per heavy atom. The van der Waals surface area contributed by atoms with Crippen LogP contribution in [0.25, 0.3) is 22.2 Å². The molecule has 0 unspecified atom stereocenters. The average molecular weight is 447 g/mol. The molecular formula is C19H19BrN4O4. The van der Waals surface area contributed by atoms with Crippen LogP contribution in [0.3, 0.4) is 0 Å². The summed E-state index contributed by atoms with van der Waals surface area (Å²) in [6.45, 7) is 0. The summed E-state index contributed by atoms with van der Waals surface area (Å²) in [5.41, 5.74) is 0.884. The number of hydrogen-bond donors (Lipinski definition) is 0. The molecule has 1 aliphatic rings. The Bertz CT molecular complexity index is 1230. The van der Waals surface area contributed by atoms with Crippen molar-refractivity contribution in [2.75, 3.05) is 0 Å². The zero-order chi connectivity index (χ0) is 20.2. The standard InChI is InChI=1S/C19H19BrN4O4/c1-21-15-10-23(11-5-3-4-6-11)17(16(15)18(25)22(2)19(21)26)13-9-12(24(27)28)7-8-14(13)20/h7-11H,3-6H2,1-2H3. The molecule has 146 valence electrons. The van der Waals surface area contributed by atoms with E-state index in [0.29, 0.717) is 26.6 Å². The Balaban J connectivity index is 2.16. The maximum atomic E-state index is 13.0. The number of nitro benzene ring substituents is 1. The molecule has 0 atom stereocenters. The van der Waals surface area contributed by atoms with Crippen LogP contribution in [-0.2, 0) is 14.1 Å². The first-order valence-corrected chi connectivity index (χ1v) is 9.85. The predicted molar refractivity (Wildman–Crippen MR) is 110 cm³/mol. The molecule has 1 aromatic carbocycles. The van der Waals surface area contributed by atoms with E-state index >= 15 is 0 Å². The number of halogens is 1. The number of rotatable bonds is 3. The van der Waals surface area contributed by atoms with E-state index in [9.17, 15) is 19.7 Å². The Labute approximate surface area is 168 Å². The van der Waals surface area contributed by atoms with Gasteiger partial charge in [0.05, 0.1) is 21.5 Å². The van der Waals surface area contributed by atoms with Gasteiger partial charge in [-0.2, -0.15) is 0 Å². The summed E-state index contributed by atoms with van der Waals surface area (Å²) in [5, 5.41) is 11.7. The van der Waals surface area contributed by atoms with Crippen LogP contribution in [0.4, 0.5) is 5.69 Å². The van der Waals surface area contributed by atoms with Crippen LogP contribution in [0.1, 0.15) is 31.7 Å². The van der Waals surface area contributed by atoms with Crippen molar-refractivity contribution in [1.29, 1.82) is 0 Å². The van der Waals surface area contributed by atoms with Crippen LogP contribution in [0.15, 0.2) is 38.5 Å². The molecule has 28 heavy (non-hydrogen) atoms. The molecule has 9 heteroatoms. The third-order valence-corrected chi connectivity index (χ3v) is 6.29. The van der Waals surface area contributed by atoms with Crippen molar-refractivity contribution in [2.24, 2.45) is 14.1 Å². The average Bonchev–Trinajstić information content (AvgIpc) is 3.32. The second-order valence-corrected chi connectivity index (χ2v) is 8.06. The lowest BCUT2D eigenvalue weighted by Gasteiger charge is -2.17. The van der Waals surface area contributed by atoms with Crippen LogP contribution in [0.2, 0.25) is 0 Å². The number of nitro groups is 1. The molecule has 0 radical (unpaired) electrons. The lowest BCUT2D eigenvalue weighted by molar-refractivity contribution is -0.384. The summed E-state index contributed by atoms with van der Waals surface area (Å²) < 4.78 is 5.23. The van der Waals surface area contributed by atoms with Gasteiger partial charge in [-0.15, -0.1) is 0 Å². The summed E-state index contributed by atoms with van der Waals surface area (Å²) in [7, 11) is 3.08. The largest absolute Gasteiger partial charge is 0.342 e. The van der Waals surface area contributed by atoms with E-state index in [0.717, 1.165) is 30.3 Å². The van der Waals surface area contributed by atoms with Crippen LogP contribution in [-0.4, -0.2) is 18.6 Å². The van der Waals surface area contributed by atoms with Crippen molar-refractivity contribution in [1.82, 2.24) is 13.7 Å². The highest BCUT2D eigenvalue weighted by Crippen LogP contribution is 2.40. The molecule has 1 fully saturated rings. The fraction of sp³-hybridized carbons (Fsp3) is 0.368. The number of fused-ring (bicyclic) bond motifs is 1. The molecule has 0 bridgehead atoms. The lowest BCUT2D eigenvalue weighted by Crippen LogP contribution is -2.36. The summed E-state index contributed by atoms with van der Waals surface area (Å²) in [4.78, 5) is 36.3. The van der Waals surface area contributed by atoms with E-state index in [1.807, 2.05) is 10.8 Å². The highest BCUT2D eigenvalue weighted by molar-refractivity contribution is 9.10. The molecule has 0 saturated heterocycles. The van der Waals surface area contributed by atoms with Gasteiger partial charge in [-0.3, -0.25) is 24.0 Å². The molecule has 2 aromatic heterocycles. The Morgan fingerprint density at radius 1 is 1.14 bits per heavy atom. The number of aryl methyl sites for hydroxylation is 1. The normalized spacial score (nSPS) is 14.8. The van der Waals surface area contributed by atoms with Crippen molar-refractivity contribution in [3.05, 3.63) is 59.8 Å². The van der Waals surface area contributed by atoms with Gasteiger partial charge in [0.2, 0.25) is 0 Å². The Morgan fingerprint density at radius 2 is 1.82 bits per heavy atom. The van der Waals surface area contributed by atoms with Crippen LogP contribution < -0.4 is 11.2 Å². The maximum absolute atomic E-state index is 13.0. The molecule has 0 aliphatic heterocycles. The zero-order valence-corrected chi connectivity index (χ0v) is 17.1. The first kappa shape index (κ1) is 18.7. The number of non-ortho nitro benzene ring substituents is 1. The van der Waals surface area contributed by atoms with Crippen LogP contribution >= 0.6 is 15.9 Å². The molecule has 1 saturated carbocycles. The van der Waals surface area contributed by atoms with Crippen molar-refractivity contribution >= 4 is 32.5 Å². The number of nitrogens with zero attached hydrogens (tertiary/aromatic N) is 4. The summed E-state index contributed by atoms with van der Waals surface area (Å²) in [6, 6.07) is 4.72. The van der Waals surface area contributed by atoms with E-state index in [4.69, 9.17) is 0 Å². The fourth-order valence-electron chi connectivity index (χ4n) is 4.11. The number of hydrogen-bond acceptors (Lipinski definition) is 4. The van der Waals surface area contributed by atoms with E-state index in [2.05, 4.69) is 15.9 Å². The second-order valence-electron chi connectivity index (χ2n) is 7.21. The van der Waals surface area contributed by atoms with E-state index in [1.165, 1.54) is 23.7 Å². The van der Waals surface area contributed by atoms with Gasteiger partial charge in [0, 0.05) is 48.5 Å². The third kappa shape index (κ3) is 2.72. The highest BCUT2D eigenvalue weighted by atomic mass is 79.9. The quantitative estimate of drug-likeness (QED) is 0.454. The maximum Gasteiger partial charge on any atom is 0.330 e. The zero-order valence-electron chi connectivity index (χ0n) is 15.5. The minimum atomic E-state index is -0.450. The molecule has 4 rings (SSSR count). The molecule has 0 spiro atoms. The van der Waals surface area contributed by atoms with Crippen molar-refractivity contribution in [3.8, 4) is 11.3 Å². The van der Waals surface area contributed by atoms with Gasteiger partial charge in [0.15, 0.2) is 0 Å². The Kier molecular flexibility index (Phi) is 4.49. The Hall–Kier alpha value is -2.68. The van der Waals surface area contributed by atoms with Gasteiger partial charge in [0.25, 0.3) is 11.2 Å². The number of aromatic nitrogens is 3. The minimum Gasteiger partial charge on any atom is -0.342 e. The smallest absolute Gasteiger partial charge is 0.330 e. The number of benzene rings is 1. The predicted octanol–water partition coefficient (Wildman–Crippen LogP) is 3.49. The monoisotopic (exact) mass is 446 g/mol. The molecule has 0 amide bonds. The SMILES string of the molecule is Cn1c(=O)c2c(-c3cc([N+](=O)[O-])ccc3Br)n(C3CCCC3)cc2n(C)c1=O. The van der Waals surface area contributed by atoms with E-state index < -0.39 is 16.2 Å². The van der Waals surface area contributed by atoms with E-state index in [1.54, 1.807) is 13.1 Å². The molecule has 1 aliphatic carbocycles. The van der Waals surface area contributed by atoms with Crippen LogP contribution in [0.5, 0.6) is 0 Å². The van der Waals surface area contributed by atoms with E-state index in [-0.39, 0.29) is 11.7 Å². The summed E-state index contributed by atoms with van der Waals surface area (Å²) in [5.74, 6) is 0. The lowest BCUT2D eigenvalue weighted by atomic mass is 10.1. The van der Waals surface area contributed by atoms with Gasteiger partial charge < -0.3 is 4.57 Å². The summed E-state index contributed by atoms with van der Waals surface area (Å²) in [6.07, 6.45) is 5.95. The van der Waals surface area contributed by atoms with Crippen LogP contribution in [0, 0.1) is 10.1 Å². The fourth-order valence-corrected chi connectivity index (χ4v) is 4.55. The molecule has 3 aromatic rings.